The van der Waals surface area contributed by atoms with Crippen LogP contribution >= 0.6 is 11.8 Å². The van der Waals surface area contributed by atoms with E-state index in [2.05, 4.69) is 17.5 Å². The number of carbonyl (C=O) groups excluding carboxylic acids is 1. The second kappa shape index (κ2) is 6.09. The molecule has 1 amide bonds. The first-order valence-corrected chi connectivity index (χ1v) is 6.21. The summed E-state index contributed by atoms with van der Waals surface area (Å²) in [7, 11) is 0. The molecule has 3 nitrogen and oxygen atoms in total. The first kappa shape index (κ1) is 11.6. The fraction of sp³-hybridized carbons (Fsp3) is 0.700. The Kier molecular flexibility index (Phi) is 5.04. The number of hydrogen-bond donors (Lipinski definition) is 2. The summed E-state index contributed by atoms with van der Waals surface area (Å²) in [6, 6.07) is 0.232. The molecule has 0 aliphatic heterocycles. The standard InChI is InChI=1S/C10H18N2OS/c1-14-10(13)12-9-7-5-3-2-4-6-8(9)11/h2-3,8-9H,4-7,11H2,1H3,(H,12,13)/b3-2+/t8-,9+/m0/s1. The maximum atomic E-state index is 11.2. The summed E-state index contributed by atoms with van der Waals surface area (Å²) in [6.07, 6.45) is 10.1. The molecule has 0 bridgehead atoms. The summed E-state index contributed by atoms with van der Waals surface area (Å²) in [4.78, 5) is 11.2. The van der Waals surface area contributed by atoms with E-state index in [1.807, 2.05) is 0 Å². The lowest BCUT2D eigenvalue weighted by molar-refractivity contribution is 0.253. The summed E-state index contributed by atoms with van der Waals surface area (Å²) in [5, 5.41) is 2.97. The Morgan fingerprint density at radius 2 is 2.07 bits per heavy atom. The molecule has 2 atom stereocenters. The summed E-state index contributed by atoms with van der Waals surface area (Å²) < 4.78 is 0. The van der Waals surface area contributed by atoms with Crippen LogP contribution in [0.1, 0.15) is 25.7 Å². The molecular formula is C10H18N2OS. The van der Waals surface area contributed by atoms with Crippen molar-refractivity contribution in [3.63, 3.8) is 0 Å². The Morgan fingerprint density at radius 3 is 2.71 bits per heavy atom. The van der Waals surface area contributed by atoms with E-state index >= 15 is 0 Å². The summed E-state index contributed by atoms with van der Waals surface area (Å²) in [6.45, 7) is 0. The topological polar surface area (TPSA) is 55.1 Å². The van der Waals surface area contributed by atoms with Crippen LogP contribution in [0.5, 0.6) is 0 Å². The van der Waals surface area contributed by atoms with Crippen LogP contribution < -0.4 is 11.1 Å². The van der Waals surface area contributed by atoms with Crippen molar-refractivity contribution < 1.29 is 4.79 Å². The van der Waals surface area contributed by atoms with Crippen molar-refractivity contribution in [3.8, 4) is 0 Å². The average molecular weight is 214 g/mol. The zero-order valence-corrected chi connectivity index (χ0v) is 9.35. The van der Waals surface area contributed by atoms with Crippen molar-refractivity contribution in [3.05, 3.63) is 12.2 Å². The number of hydrogen-bond acceptors (Lipinski definition) is 3. The van der Waals surface area contributed by atoms with Gasteiger partial charge in [0.2, 0.25) is 0 Å². The van der Waals surface area contributed by atoms with Gasteiger partial charge in [-0.1, -0.05) is 23.9 Å². The minimum atomic E-state index is 0.0232. The third-order valence-corrected chi connectivity index (χ3v) is 2.97. The van der Waals surface area contributed by atoms with Crippen molar-refractivity contribution in [2.75, 3.05) is 6.26 Å². The zero-order chi connectivity index (χ0) is 10.4. The fourth-order valence-corrected chi connectivity index (χ4v) is 1.87. The molecule has 0 aromatic heterocycles. The number of nitrogens with two attached hydrogens (primary N) is 1. The molecule has 0 aromatic carbocycles. The molecule has 0 aromatic rings. The van der Waals surface area contributed by atoms with Crippen LogP contribution in [-0.2, 0) is 0 Å². The average Bonchev–Trinajstić information content (AvgIpc) is 2.17. The second-order valence-electron chi connectivity index (χ2n) is 3.53. The van der Waals surface area contributed by atoms with E-state index in [0.717, 1.165) is 25.7 Å². The Morgan fingerprint density at radius 1 is 1.43 bits per heavy atom. The minimum absolute atomic E-state index is 0.0232. The van der Waals surface area contributed by atoms with Crippen LogP contribution in [0.25, 0.3) is 0 Å². The van der Waals surface area contributed by atoms with Gasteiger partial charge in [0.15, 0.2) is 0 Å². The van der Waals surface area contributed by atoms with Crippen LogP contribution in [0, 0.1) is 0 Å². The van der Waals surface area contributed by atoms with Crippen LogP contribution in [0.2, 0.25) is 0 Å². The molecule has 0 saturated heterocycles. The Hall–Kier alpha value is -0.480. The van der Waals surface area contributed by atoms with Gasteiger partial charge in [0.05, 0.1) is 0 Å². The van der Waals surface area contributed by atoms with E-state index in [4.69, 9.17) is 5.73 Å². The highest BCUT2D eigenvalue weighted by Crippen LogP contribution is 2.12. The van der Waals surface area contributed by atoms with E-state index in [-0.39, 0.29) is 17.3 Å². The number of amides is 1. The molecule has 1 aliphatic carbocycles. The molecule has 0 fully saturated rings. The first-order valence-electron chi connectivity index (χ1n) is 4.99. The highest BCUT2D eigenvalue weighted by Gasteiger charge is 2.19. The van der Waals surface area contributed by atoms with Gasteiger partial charge in [0.1, 0.15) is 0 Å². The maximum absolute atomic E-state index is 11.2. The lowest BCUT2D eigenvalue weighted by Crippen LogP contribution is -2.46. The number of allylic oxidation sites excluding steroid dienone is 2. The molecule has 0 radical (unpaired) electrons. The molecule has 0 unspecified atom stereocenters. The van der Waals surface area contributed by atoms with Crippen molar-refractivity contribution >= 4 is 17.0 Å². The van der Waals surface area contributed by atoms with E-state index in [1.165, 1.54) is 11.8 Å². The van der Waals surface area contributed by atoms with Gasteiger partial charge in [-0.25, -0.2) is 0 Å². The molecule has 14 heavy (non-hydrogen) atoms. The van der Waals surface area contributed by atoms with Crippen LogP contribution in [0.3, 0.4) is 0 Å². The van der Waals surface area contributed by atoms with E-state index in [1.54, 1.807) is 6.26 Å². The van der Waals surface area contributed by atoms with Gasteiger partial charge < -0.3 is 11.1 Å². The zero-order valence-electron chi connectivity index (χ0n) is 8.53. The van der Waals surface area contributed by atoms with E-state index < -0.39 is 0 Å². The summed E-state index contributed by atoms with van der Waals surface area (Å²) in [5.41, 5.74) is 5.99. The molecule has 80 valence electrons. The Balaban J connectivity index is 2.47. The molecule has 3 N–H and O–H groups in total. The number of carbonyl (C=O) groups is 1. The van der Waals surface area contributed by atoms with Crippen LogP contribution in [-0.4, -0.2) is 23.6 Å². The highest BCUT2D eigenvalue weighted by atomic mass is 32.2. The second-order valence-corrected chi connectivity index (χ2v) is 4.31. The van der Waals surface area contributed by atoms with Crippen molar-refractivity contribution in [1.82, 2.24) is 5.32 Å². The van der Waals surface area contributed by atoms with Gasteiger partial charge in [-0.2, -0.15) is 0 Å². The molecule has 1 aliphatic rings. The number of thioether (sulfide) groups is 1. The predicted octanol–water partition coefficient (Wildman–Crippen LogP) is 1.89. The minimum Gasteiger partial charge on any atom is -0.343 e. The highest BCUT2D eigenvalue weighted by molar-refractivity contribution is 8.12. The van der Waals surface area contributed by atoms with E-state index in [9.17, 15) is 4.79 Å². The Labute approximate surface area is 89.5 Å². The summed E-state index contributed by atoms with van der Waals surface area (Å²) >= 11 is 1.21. The van der Waals surface area contributed by atoms with Crippen LogP contribution in [0.15, 0.2) is 12.2 Å². The van der Waals surface area contributed by atoms with Gasteiger partial charge in [-0.3, -0.25) is 4.79 Å². The molecular weight excluding hydrogens is 196 g/mol. The maximum Gasteiger partial charge on any atom is 0.279 e. The summed E-state index contributed by atoms with van der Waals surface area (Å²) in [5.74, 6) is 0. The molecule has 4 heteroatoms. The fourth-order valence-electron chi connectivity index (χ4n) is 1.60. The van der Waals surface area contributed by atoms with Gasteiger partial charge >= 0.3 is 0 Å². The predicted molar refractivity (Wildman–Crippen MR) is 61.4 cm³/mol. The van der Waals surface area contributed by atoms with E-state index in [0.29, 0.717) is 0 Å². The number of rotatable bonds is 1. The molecule has 0 heterocycles. The lowest BCUT2D eigenvalue weighted by atomic mass is 9.96. The van der Waals surface area contributed by atoms with Crippen molar-refractivity contribution in [1.29, 1.82) is 0 Å². The largest absolute Gasteiger partial charge is 0.343 e. The SMILES string of the molecule is CSC(=O)N[C@@H]1CC/C=C/CC[C@@H]1N. The van der Waals surface area contributed by atoms with Crippen molar-refractivity contribution in [2.45, 2.75) is 37.8 Å². The Bertz CT molecular complexity index is 218. The van der Waals surface area contributed by atoms with Gasteiger partial charge in [-0.05, 0) is 31.9 Å². The van der Waals surface area contributed by atoms with Crippen LogP contribution in [0.4, 0.5) is 4.79 Å². The third kappa shape index (κ3) is 3.72. The van der Waals surface area contributed by atoms with Gasteiger partial charge in [0, 0.05) is 12.1 Å². The van der Waals surface area contributed by atoms with Crippen molar-refractivity contribution in [2.24, 2.45) is 5.73 Å². The smallest absolute Gasteiger partial charge is 0.279 e. The number of nitrogens with one attached hydrogen (secondary N) is 1. The third-order valence-electron chi connectivity index (χ3n) is 2.48. The normalized spacial score (nSPS) is 30.1. The first-order chi connectivity index (χ1) is 6.74. The monoisotopic (exact) mass is 214 g/mol. The quantitative estimate of drug-likeness (QED) is 0.655. The molecule has 0 spiro atoms. The molecule has 0 saturated carbocycles. The lowest BCUT2D eigenvalue weighted by Gasteiger charge is -2.25. The van der Waals surface area contributed by atoms with Gasteiger partial charge in [-0.15, -0.1) is 0 Å². The van der Waals surface area contributed by atoms with Gasteiger partial charge in [0.25, 0.3) is 5.24 Å². The molecule has 1 rings (SSSR count).